The molecule has 1 amide bonds. The van der Waals surface area contributed by atoms with Crippen LogP contribution in [-0.4, -0.2) is 54.3 Å². The predicted molar refractivity (Wildman–Crippen MR) is 96.5 cm³/mol. The lowest BCUT2D eigenvalue weighted by Gasteiger charge is -2.34. The van der Waals surface area contributed by atoms with Gasteiger partial charge in [0.25, 0.3) is 5.91 Å². The number of halogens is 2. The molecule has 3 rings (SSSR count). The van der Waals surface area contributed by atoms with Crippen molar-refractivity contribution in [3.63, 3.8) is 0 Å². The average Bonchev–Trinajstić information content (AvgIpc) is 3.02. The van der Waals surface area contributed by atoms with Crippen LogP contribution in [0.1, 0.15) is 10.5 Å². The van der Waals surface area contributed by atoms with E-state index in [1.165, 1.54) is 10.4 Å². The Labute approximate surface area is 156 Å². The molecule has 1 saturated heterocycles. The maximum atomic E-state index is 12.8. The van der Waals surface area contributed by atoms with Crippen LogP contribution in [0.25, 0.3) is 0 Å². The fourth-order valence-corrected chi connectivity index (χ4v) is 4.96. The van der Waals surface area contributed by atoms with Crippen molar-refractivity contribution >= 4 is 39.1 Å². The number of rotatable bonds is 3. The van der Waals surface area contributed by atoms with E-state index in [4.69, 9.17) is 23.2 Å². The minimum Gasteiger partial charge on any atom is -0.347 e. The van der Waals surface area contributed by atoms with Crippen molar-refractivity contribution in [1.29, 1.82) is 0 Å². The molecule has 1 aromatic carbocycles. The van der Waals surface area contributed by atoms with E-state index >= 15 is 0 Å². The smallest absolute Gasteiger partial charge is 0.270 e. The van der Waals surface area contributed by atoms with Crippen LogP contribution in [0.15, 0.2) is 41.4 Å². The third-order valence-electron chi connectivity index (χ3n) is 4.22. The standard InChI is InChI=1S/C16H17Cl2N3O3S/c1-19-7-3-5-13(19)16(22)20-8-10-21(11-9-20)25(23,24)14-6-2-4-12(17)15(14)18/h2-7H,8-11H2,1H3. The van der Waals surface area contributed by atoms with Crippen molar-refractivity contribution in [3.8, 4) is 0 Å². The Bertz CT molecular complexity index is 903. The van der Waals surface area contributed by atoms with Gasteiger partial charge in [0.05, 0.1) is 10.0 Å². The maximum Gasteiger partial charge on any atom is 0.270 e. The Hall–Kier alpha value is -1.54. The van der Waals surface area contributed by atoms with Crippen molar-refractivity contribution in [3.05, 3.63) is 52.3 Å². The van der Waals surface area contributed by atoms with Crippen LogP contribution in [0.5, 0.6) is 0 Å². The van der Waals surface area contributed by atoms with Crippen LogP contribution >= 0.6 is 23.2 Å². The molecule has 0 aliphatic carbocycles. The number of nitrogens with zero attached hydrogens (tertiary/aromatic N) is 3. The van der Waals surface area contributed by atoms with Gasteiger partial charge in [-0.3, -0.25) is 4.79 Å². The van der Waals surface area contributed by atoms with Gasteiger partial charge >= 0.3 is 0 Å². The molecule has 0 unspecified atom stereocenters. The molecule has 1 fully saturated rings. The molecule has 6 nitrogen and oxygen atoms in total. The maximum absolute atomic E-state index is 12.8. The Kier molecular flexibility index (Phi) is 5.11. The topological polar surface area (TPSA) is 62.6 Å². The number of piperazine rings is 1. The number of carbonyl (C=O) groups is 1. The lowest BCUT2D eigenvalue weighted by molar-refractivity contribution is 0.0688. The van der Waals surface area contributed by atoms with Crippen molar-refractivity contribution in [1.82, 2.24) is 13.8 Å². The summed E-state index contributed by atoms with van der Waals surface area (Å²) in [6, 6.07) is 8.08. The van der Waals surface area contributed by atoms with Gasteiger partial charge in [-0.25, -0.2) is 8.42 Å². The number of hydrogen-bond donors (Lipinski definition) is 0. The number of sulfonamides is 1. The highest BCUT2D eigenvalue weighted by Crippen LogP contribution is 2.31. The highest BCUT2D eigenvalue weighted by atomic mass is 35.5. The second-order valence-corrected chi connectivity index (χ2v) is 8.44. The van der Waals surface area contributed by atoms with Gasteiger partial charge in [0.1, 0.15) is 10.6 Å². The van der Waals surface area contributed by atoms with Gasteiger partial charge in [-0.05, 0) is 24.3 Å². The summed E-state index contributed by atoms with van der Waals surface area (Å²) in [6.07, 6.45) is 1.80. The van der Waals surface area contributed by atoms with Gasteiger partial charge in [0.2, 0.25) is 10.0 Å². The molecular formula is C16H17Cl2N3O3S. The normalized spacial score (nSPS) is 16.2. The first-order chi connectivity index (χ1) is 11.8. The SMILES string of the molecule is Cn1cccc1C(=O)N1CCN(S(=O)(=O)c2cccc(Cl)c2Cl)CC1. The first-order valence-electron chi connectivity index (χ1n) is 7.67. The zero-order valence-corrected chi connectivity index (χ0v) is 15.9. The molecule has 0 atom stereocenters. The van der Waals surface area contributed by atoms with E-state index in [0.29, 0.717) is 18.8 Å². The van der Waals surface area contributed by atoms with E-state index in [9.17, 15) is 13.2 Å². The minimum atomic E-state index is -3.75. The lowest BCUT2D eigenvalue weighted by atomic mass is 10.3. The quantitative estimate of drug-likeness (QED) is 0.793. The van der Waals surface area contributed by atoms with E-state index in [1.54, 1.807) is 47.0 Å². The van der Waals surface area contributed by atoms with Crippen molar-refractivity contribution in [2.75, 3.05) is 26.2 Å². The molecule has 0 N–H and O–H groups in total. The second kappa shape index (κ2) is 6.99. The summed E-state index contributed by atoms with van der Waals surface area (Å²) in [5.74, 6) is -0.106. The Morgan fingerprint density at radius 2 is 1.72 bits per heavy atom. The summed E-state index contributed by atoms with van der Waals surface area (Å²) in [4.78, 5) is 14.1. The van der Waals surface area contributed by atoms with Gasteiger partial charge in [0, 0.05) is 39.4 Å². The molecule has 134 valence electrons. The van der Waals surface area contributed by atoms with Crippen LogP contribution in [0.4, 0.5) is 0 Å². The van der Waals surface area contributed by atoms with E-state index in [0.717, 1.165) is 0 Å². The molecule has 2 aromatic rings. The van der Waals surface area contributed by atoms with Crippen LogP contribution in [0, 0.1) is 0 Å². The molecule has 0 spiro atoms. The first-order valence-corrected chi connectivity index (χ1v) is 9.87. The highest BCUT2D eigenvalue weighted by Gasteiger charge is 2.32. The summed E-state index contributed by atoms with van der Waals surface area (Å²) in [5.41, 5.74) is 0.578. The molecule has 0 radical (unpaired) electrons. The number of carbonyl (C=O) groups excluding carboxylic acids is 1. The number of aryl methyl sites for hydroxylation is 1. The predicted octanol–water partition coefficient (Wildman–Crippen LogP) is 2.48. The van der Waals surface area contributed by atoms with Crippen LogP contribution in [0.3, 0.4) is 0 Å². The third-order valence-corrected chi connectivity index (χ3v) is 7.09. The van der Waals surface area contributed by atoms with Crippen LogP contribution < -0.4 is 0 Å². The average molecular weight is 402 g/mol. The van der Waals surface area contributed by atoms with Gasteiger partial charge in [-0.15, -0.1) is 0 Å². The van der Waals surface area contributed by atoms with E-state index in [1.807, 2.05) is 0 Å². The number of aromatic nitrogens is 1. The number of hydrogen-bond acceptors (Lipinski definition) is 3. The minimum absolute atomic E-state index is 0.0103. The molecule has 0 saturated carbocycles. The molecule has 25 heavy (non-hydrogen) atoms. The number of benzene rings is 1. The molecule has 2 heterocycles. The Morgan fingerprint density at radius 3 is 2.32 bits per heavy atom. The summed E-state index contributed by atoms with van der Waals surface area (Å²) < 4.78 is 28.7. The van der Waals surface area contributed by atoms with Gasteiger partial charge in [-0.1, -0.05) is 29.3 Å². The van der Waals surface area contributed by atoms with Crippen LogP contribution in [-0.2, 0) is 17.1 Å². The fraction of sp³-hybridized carbons (Fsp3) is 0.312. The fourth-order valence-electron chi connectivity index (χ4n) is 2.80. The lowest BCUT2D eigenvalue weighted by Crippen LogP contribution is -2.50. The van der Waals surface area contributed by atoms with Crippen LogP contribution in [0.2, 0.25) is 10.0 Å². The zero-order valence-electron chi connectivity index (χ0n) is 13.5. The van der Waals surface area contributed by atoms with E-state index in [2.05, 4.69) is 0 Å². The Balaban J connectivity index is 1.75. The first kappa shape index (κ1) is 18.3. The molecule has 1 aliphatic heterocycles. The molecular weight excluding hydrogens is 385 g/mol. The molecule has 9 heteroatoms. The largest absolute Gasteiger partial charge is 0.347 e. The van der Waals surface area contributed by atoms with Gasteiger partial charge < -0.3 is 9.47 Å². The zero-order chi connectivity index (χ0) is 18.2. The second-order valence-electron chi connectivity index (χ2n) is 5.75. The molecule has 0 bridgehead atoms. The highest BCUT2D eigenvalue weighted by molar-refractivity contribution is 7.89. The molecule has 1 aromatic heterocycles. The van der Waals surface area contributed by atoms with Gasteiger partial charge in [-0.2, -0.15) is 4.31 Å². The van der Waals surface area contributed by atoms with Crippen molar-refractivity contribution < 1.29 is 13.2 Å². The van der Waals surface area contributed by atoms with Gasteiger partial charge in [0.15, 0.2) is 0 Å². The third kappa shape index (κ3) is 3.42. The summed E-state index contributed by atoms with van der Waals surface area (Å²) >= 11 is 12.0. The van der Waals surface area contributed by atoms with E-state index in [-0.39, 0.29) is 33.9 Å². The summed E-state index contributed by atoms with van der Waals surface area (Å²) in [6.45, 7) is 1.06. The summed E-state index contributed by atoms with van der Waals surface area (Å²) in [5, 5.41) is 0.215. The monoisotopic (exact) mass is 401 g/mol. The van der Waals surface area contributed by atoms with Crippen molar-refractivity contribution in [2.24, 2.45) is 7.05 Å². The Morgan fingerprint density at radius 1 is 1.04 bits per heavy atom. The molecule has 1 aliphatic rings. The van der Waals surface area contributed by atoms with Crippen molar-refractivity contribution in [2.45, 2.75) is 4.90 Å². The summed E-state index contributed by atoms with van der Waals surface area (Å²) in [7, 11) is -1.95. The number of amides is 1. The van der Waals surface area contributed by atoms with E-state index < -0.39 is 10.0 Å².